The SMILES string of the molecule is CC(C)c1cc(Nc2ccc(C(F)(F)F)c(F)c2)nc(CC2CCCC2)c1C(N)=O. The van der Waals surface area contributed by atoms with Gasteiger partial charge in [-0.15, -0.1) is 0 Å². The quantitative estimate of drug-likeness (QED) is 0.565. The minimum atomic E-state index is -4.76. The number of carbonyl (C=O) groups excluding carboxylic acids is 1. The second kappa shape index (κ2) is 8.62. The Bertz CT molecular complexity index is 935. The van der Waals surface area contributed by atoms with Crippen LogP contribution in [-0.4, -0.2) is 10.9 Å². The number of amides is 1. The Labute approximate surface area is 172 Å². The van der Waals surface area contributed by atoms with Crippen molar-refractivity contribution < 1.29 is 22.4 Å². The topological polar surface area (TPSA) is 68.0 Å². The third-order valence-corrected chi connectivity index (χ3v) is 5.50. The molecule has 0 unspecified atom stereocenters. The third kappa shape index (κ3) is 4.91. The number of hydrogen-bond donors (Lipinski definition) is 2. The first kappa shape index (κ1) is 22.1. The normalized spacial score (nSPS) is 15.0. The van der Waals surface area contributed by atoms with E-state index in [-0.39, 0.29) is 11.6 Å². The number of aromatic nitrogens is 1. The Morgan fingerprint density at radius 1 is 1.23 bits per heavy atom. The van der Waals surface area contributed by atoms with Crippen LogP contribution in [0.1, 0.15) is 72.6 Å². The molecule has 0 radical (unpaired) electrons. The summed E-state index contributed by atoms with van der Waals surface area (Å²) in [5, 5.41) is 2.88. The molecule has 1 heterocycles. The molecule has 4 nitrogen and oxygen atoms in total. The van der Waals surface area contributed by atoms with Crippen molar-refractivity contribution in [2.75, 3.05) is 5.32 Å². The van der Waals surface area contributed by atoms with Crippen LogP contribution in [-0.2, 0) is 12.6 Å². The molecule has 1 aliphatic rings. The summed E-state index contributed by atoms with van der Waals surface area (Å²) in [6, 6.07) is 4.29. The number of benzene rings is 1. The highest BCUT2D eigenvalue weighted by Crippen LogP contribution is 2.34. The molecule has 1 amide bonds. The van der Waals surface area contributed by atoms with Gasteiger partial charge in [-0.1, -0.05) is 39.5 Å². The third-order valence-electron chi connectivity index (χ3n) is 5.50. The zero-order valence-corrected chi connectivity index (χ0v) is 16.9. The first-order chi connectivity index (χ1) is 14.1. The molecule has 3 rings (SSSR count). The molecule has 162 valence electrons. The number of primary amides is 1. The number of hydrogen-bond acceptors (Lipinski definition) is 3. The molecule has 0 spiro atoms. The van der Waals surface area contributed by atoms with Gasteiger partial charge >= 0.3 is 6.18 Å². The lowest BCUT2D eigenvalue weighted by Crippen LogP contribution is -2.20. The Kier molecular flexibility index (Phi) is 6.33. The Hall–Kier alpha value is -2.64. The molecule has 0 aliphatic heterocycles. The maximum atomic E-state index is 13.9. The number of nitrogens with two attached hydrogens (primary N) is 1. The smallest absolute Gasteiger partial charge is 0.366 e. The first-order valence-corrected chi connectivity index (χ1v) is 10.0. The lowest BCUT2D eigenvalue weighted by molar-refractivity contribution is -0.139. The minimum absolute atomic E-state index is 0.0253. The highest BCUT2D eigenvalue weighted by atomic mass is 19.4. The fraction of sp³-hybridized carbons (Fsp3) is 0.455. The van der Waals surface area contributed by atoms with Gasteiger partial charge in [0.15, 0.2) is 0 Å². The summed E-state index contributed by atoms with van der Waals surface area (Å²) in [6.45, 7) is 3.84. The number of nitrogens with one attached hydrogen (secondary N) is 1. The van der Waals surface area contributed by atoms with E-state index in [1.807, 2.05) is 13.8 Å². The molecule has 1 aliphatic carbocycles. The van der Waals surface area contributed by atoms with Crippen LogP contribution in [0.2, 0.25) is 0 Å². The molecule has 8 heteroatoms. The maximum absolute atomic E-state index is 13.9. The molecule has 30 heavy (non-hydrogen) atoms. The van der Waals surface area contributed by atoms with Crippen LogP contribution in [0.3, 0.4) is 0 Å². The summed E-state index contributed by atoms with van der Waals surface area (Å²) in [5.41, 5.74) is 6.16. The summed E-state index contributed by atoms with van der Waals surface area (Å²) in [6.07, 6.45) is 0.224. The van der Waals surface area contributed by atoms with Gasteiger partial charge < -0.3 is 11.1 Å². The number of halogens is 4. The van der Waals surface area contributed by atoms with E-state index in [1.165, 1.54) is 0 Å². The van der Waals surface area contributed by atoms with Crippen molar-refractivity contribution in [2.45, 2.75) is 58.0 Å². The van der Waals surface area contributed by atoms with Crippen LogP contribution in [0.15, 0.2) is 24.3 Å². The Morgan fingerprint density at radius 2 is 1.90 bits per heavy atom. The van der Waals surface area contributed by atoms with Gasteiger partial charge in [-0.25, -0.2) is 9.37 Å². The monoisotopic (exact) mass is 423 g/mol. The predicted octanol–water partition coefficient (Wildman–Crippen LogP) is 5.94. The van der Waals surface area contributed by atoms with Crippen molar-refractivity contribution in [1.29, 1.82) is 0 Å². The molecule has 2 aromatic rings. The number of alkyl halides is 3. The van der Waals surface area contributed by atoms with Gasteiger partial charge in [-0.3, -0.25) is 4.79 Å². The highest BCUT2D eigenvalue weighted by molar-refractivity contribution is 5.96. The van der Waals surface area contributed by atoms with E-state index < -0.39 is 23.5 Å². The van der Waals surface area contributed by atoms with Crippen molar-refractivity contribution in [3.05, 3.63) is 52.5 Å². The van der Waals surface area contributed by atoms with Crippen molar-refractivity contribution in [1.82, 2.24) is 4.98 Å². The predicted molar refractivity (Wildman–Crippen MR) is 107 cm³/mol. The minimum Gasteiger partial charge on any atom is -0.366 e. The van der Waals surface area contributed by atoms with Gasteiger partial charge in [0.2, 0.25) is 0 Å². The summed E-state index contributed by atoms with van der Waals surface area (Å²) in [4.78, 5) is 16.7. The van der Waals surface area contributed by atoms with Gasteiger partial charge in [-0.05, 0) is 48.1 Å². The van der Waals surface area contributed by atoms with Gasteiger partial charge in [0.1, 0.15) is 11.6 Å². The van der Waals surface area contributed by atoms with Crippen molar-refractivity contribution in [2.24, 2.45) is 11.7 Å². The molecule has 1 aromatic heterocycles. The number of anilines is 2. The summed E-state index contributed by atoms with van der Waals surface area (Å²) >= 11 is 0. The van der Waals surface area contributed by atoms with E-state index in [4.69, 9.17) is 5.73 Å². The second-order valence-corrected chi connectivity index (χ2v) is 8.11. The van der Waals surface area contributed by atoms with Crippen molar-refractivity contribution in [3.63, 3.8) is 0 Å². The number of rotatable bonds is 6. The number of carbonyl (C=O) groups is 1. The average molecular weight is 423 g/mol. The number of nitrogens with zero attached hydrogens (tertiary/aromatic N) is 1. The van der Waals surface area contributed by atoms with Crippen LogP contribution in [0.5, 0.6) is 0 Å². The maximum Gasteiger partial charge on any atom is 0.419 e. The van der Waals surface area contributed by atoms with Gasteiger partial charge in [0.25, 0.3) is 5.91 Å². The zero-order valence-electron chi connectivity index (χ0n) is 16.9. The lowest BCUT2D eigenvalue weighted by atomic mass is 9.91. The van der Waals surface area contributed by atoms with Crippen molar-refractivity contribution in [3.8, 4) is 0 Å². The molecule has 0 atom stereocenters. The molecule has 1 fully saturated rings. The van der Waals surface area contributed by atoms with E-state index in [0.29, 0.717) is 41.0 Å². The summed E-state index contributed by atoms with van der Waals surface area (Å²) < 4.78 is 52.3. The largest absolute Gasteiger partial charge is 0.419 e. The summed E-state index contributed by atoms with van der Waals surface area (Å²) in [5.74, 6) is -1.18. The van der Waals surface area contributed by atoms with Crippen LogP contribution >= 0.6 is 0 Å². The highest BCUT2D eigenvalue weighted by Gasteiger charge is 2.34. The molecule has 3 N–H and O–H groups in total. The van der Waals surface area contributed by atoms with E-state index >= 15 is 0 Å². The fourth-order valence-electron chi connectivity index (χ4n) is 4.03. The van der Waals surface area contributed by atoms with E-state index in [9.17, 15) is 22.4 Å². The molecular formula is C22H25F4N3O. The van der Waals surface area contributed by atoms with Crippen LogP contribution in [0.25, 0.3) is 0 Å². The van der Waals surface area contributed by atoms with Crippen LogP contribution in [0.4, 0.5) is 29.1 Å². The van der Waals surface area contributed by atoms with Gasteiger partial charge in [0.05, 0.1) is 16.8 Å². The first-order valence-electron chi connectivity index (χ1n) is 10.0. The molecule has 0 saturated heterocycles. The fourth-order valence-corrected chi connectivity index (χ4v) is 4.03. The second-order valence-electron chi connectivity index (χ2n) is 8.11. The Balaban J connectivity index is 1.99. The number of pyridine rings is 1. The average Bonchev–Trinajstić information content (AvgIpc) is 3.13. The van der Waals surface area contributed by atoms with E-state index in [1.54, 1.807) is 6.07 Å². The van der Waals surface area contributed by atoms with Crippen LogP contribution in [0, 0.1) is 11.7 Å². The van der Waals surface area contributed by atoms with E-state index in [2.05, 4.69) is 10.3 Å². The molecule has 1 saturated carbocycles. The van der Waals surface area contributed by atoms with Crippen molar-refractivity contribution >= 4 is 17.4 Å². The Morgan fingerprint density at radius 3 is 2.43 bits per heavy atom. The lowest BCUT2D eigenvalue weighted by Gasteiger charge is -2.19. The standard InChI is InChI=1S/C22H25F4N3O/c1-12(2)15-11-19(28-14-7-8-16(17(23)10-14)22(24,25)26)29-18(20(15)21(27)30)9-13-5-3-4-6-13/h7-8,10-13H,3-6,9H2,1-2H3,(H2,27,30)(H,28,29). The molecular weight excluding hydrogens is 398 g/mol. The molecule has 0 bridgehead atoms. The van der Waals surface area contributed by atoms with Gasteiger partial charge in [-0.2, -0.15) is 13.2 Å². The zero-order chi connectivity index (χ0) is 22.1. The van der Waals surface area contributed by atoms with E-state index in [0.717, 1.165) is 37.8 Å². The summed E-state index contributed by atoms with van der Waals surface area (Å²) in [7, 11) is 0. The van der Waals surface area contributed by atoms with Crippen LogP contribution < -0.4 is 11.1 Å². The molecule has 1 aromatic carbocycles. The van der Waals surface area contributed by atoms with Gasteiger partial charge in [0, 0.05) is 5.69 Å².